The highest BCUT2D eigenvalue weighted by Crippen LogP contribution is 2.25. The van der Waals surface area contributed by atoms with Gasteiger partial charge in [-0.05, 0) is 48.6 Å². The number of nitrogens with zero attached hydrogens (tertiary/aromatic N) is 1. The lowest BCUT2D eigenvalue weighted by atomic mass is 10.0. The van der Waals surface area contributed by atoms with E-state index >= 15 is 0 Å². The summed E-state index contributed by atoms with van der Waals surface area (Å²) in [5.41, 5.74) is 2.48. The van der Waals surface area contributed by atoms with Gasteiger partial charge in [0.25, 0.3) is 0 Å². The molecule has 0 unspecified atom stereocenters. The summed E-state index contributed by atoms with van der Waals surface area (Å²) in [6, 6.07) is 24.6. The zero-order valence-corrected chi connectivity index (χ0v) is 24.0. The number of hydrogen-bond donors (Lipinski definition) is 2. The number of rotatable bonds is 16. The molecule has 214 valence electrons. The Balaban J connectivity index is 1.82. The fraction of sp³-hybridized carbons (Fsp3) is 0.355. The fourth-order valence-corrected chi connectivity index (χ4v) is 5.38. The zero-order valence-electron chi connectivity index (χ0n) is 23.2. The van der Waals surface area contributed by atoms with Crippen molar-refractivity contribution >= 4 is 21.8 Å². The molecule has 3 aromatic rings. The summed E-state index contributed by atoms with van der Waals surface area (Å²) in [5, 5.41) is 2.99. The number of sulfonamides is 1. The largest absolute Gasteiger partial charge is 0.382 e. The molecular formula is C31H39N3O5S. The number of carbonyl (C=O) groups excluding carboxylic acids is 2. The van der Waals surface area contributed by atoms with Gasteiger partial charge in [0.05, 0.1) is 4.90 Å². The number of hydrogen-bond acceptors (Lipinski definition) is 5. The van der Waals surface area contributed by atoms with Crippen LogP contribution in [0.1, 0.15) is 49.4 Å². The molecule has 0 bridgehead atoms. The molecule has 0 fully saturated rings. The minimum absolute atomic E-state index is 0.160. The Morgan fingerprint density at radius 3 is 2.15 bits per heavy atom. The summed E-state index contributed by atoms with van der Waals surface area (Å²) in [6.07, 6.45) is 1.24. The van der Waals surface area contributed by atoms with E-state index in [-0.39, 0.29) is 29.7 Å². The lowest BCUT2D eigenvalue weighted by Gasteiger charge is -2.32. The Morgan fingerprint density at radius 2 is 1.52 bits per heavy atom. The minimum atomic E-state index is -3.55. The Bertz CT molecular complexity index is 1300. The third kappa shape index (κ3) is 9.29. The number of aryl methyl sites for hydroxylation is 1. The van der Waals surface area contributed by atoms with E-state index in [1.807, 2.05) is 67.6 Å². The second-order valence-electron chi connectivity index (χ2n) is 9.31. The molecular weight excluding hydrogens is 526 g/mol. The number of amides is 2. The maximum Gasteiger partial charge on any atom is 0.247 e. The van der Waals surface area contributed by atoms with Crippen LogP contribution in [0, 0.1) is 0 Å². The van der Waals surface area contributed by atoms with E-state index in [1.54, 1.807) is 36.1 Å². The van der Waals surface area contributed by atoms with E-state index in [4.69, 9.17) is 4.74 Å². The first kappa shape index (κ1) is 31.0. The molecule has 8 nitrogen and oxygen atoms in total. The van der Waals surface area contributed by atoms with Crippen molar-refractivity contribution in [2.24, 2.45) is 0 Å². The number of benzene rings is 3. The minimum Gasteiger partial charge on any atom is -0.382 e. The molecule has 0 aliphatic heterocycles. The van der Waals surface area contributed by atoms with Crippen LogP contribution in [0.2, 0.25) is 0 Å². The van der Waals surface area contributed by atoms with E-state index in [0.29, 0.717) is 39.1 Å². The second kappa shape index (κ2) is 15.9. The van der Waals surface area contributed by atoms with Gasteiger partial charge in [0.15, 0.2) is 0 Å². The SMILES string of the molecule is CCNS(=O)(=O)c1ccc(CCC(=O)N(Cc2ccccc2)[C@@H](C(=O)NCCCOCC)c2ccccc2)cc1. The molecule has 0 spiro atoms. The van der Waals surface area contributed by atoms with Crippen LogP contribution in [0.5, 0.6) is 0 Å². The van der Waals surface area contributed by atoms with E-state index in [2.05, 4.69) is 10.0 Å². The predicted molar refractivity (Wildman–Crippen MR) is 156 cm³/mol. The van der Waals surface area contributed by atoms with Crippen LogP contribution < -0.4 is 10.0 Å². The maximum absolute atomic E-state index is 13.8. The summed E-state index contributed by atoms with van der Waals surface area (Å²) < 4.78 is 32.4. The highest BCUT2D eigenvalue weighted by molar-refractivity contribution is 7.89. The number of nitrogens with one attached hydrogen (secondary N) is 2. The quantitative estimate of drug-likeness (QED) is 0.253. The average Bonchev–Trinajstić information content (AvgIpc) is 2.97. The van der Waals surface area contributed by atoms with Crippen molar-refractivity contribution in [2.75, 3.05) is 26.3 Å². The van der Waals surface area contributed by atoms with Crippen molar-refractivity contribution in [1.29, 1.82) is 0 Å². The lowest BCUT2D eigenvalue weighted by Crippen LogP contribution is -2.43. The standard InChI is InChI=1S/C31H39N3O5S/c1-3-33-40(37,38)28-19-16-25(17-20-28)18-21-29(35)34(24-26-12-7-5-8-13-26)30(27-14-9-6-10-15-27)31(36)32-22-11-23-39-4-2/h5-10,12-17,19-20,30,33H,3-4,11,18,21-24H2,1-2H3,(H,32,36)/t30-/m1/s1. The molecule has 2 N–H and O–H groups in total. The van der Waals surface area contributed by atoms with E-state index in [1.165, 1.54) is 0 Å². The Labute approximate surface area is 237 Å². The summed E-state index contributed by atoms with van der Waals surface area (Å²) in [4.78, 5) is 29.2. The molecule has 0 saturated carbocycles. The predicted octanol–water partition coefficient (Wildman–Crippen LogP) is 4.23. The molecule has 0 aliphatic rings. The average molecular weight is 566 g/mol. The highest BCUT2D eigenvalue weighted by atomic mass is 32.2. The van der Waals surface area contributed by atoms with Crippen LogP contribution >= 0.6 is 0 Å². The molecule has 0 aromatic heterocycles. The van der Waals surface area contributed by atoms with Gasteiger partial charge in [0.2, 0.25) is 21.8 Å². The topological polar surface area (TPSA) is 105 Å². The molecule has 40 heavy (non-hydrogen) atoms. The van der Waals surface area contributed by atoms with E-state index in [9.17, 15) is 18.0 Å². The van der Waals surface area contributed by atoms with Crippen molar-refractivity contribution in [3.05, 3.63) is 102 Å². The van der Waals surface area contributed by atoms with Crippen molar-refractivity contribution in [2.45, 2.75) is 50.6 Å². The van der Waals surface area contributed by atoms with Crippen LogP contribution in [0.15, 0.2) is 89.8 Å². The highest BCUT2D eigenvalue weighted by Gasteiger charge is 2.31. The van der Waals surface area contributed by atoms with Gasteiger partial charge in [-0.3, -0.25) is 9.59 Å². The third-order valence-corrected chi connectivity index (χ3v) is 7.92. The molecule has 3 rings (SSSR count). The number of carbonyl (C=O) groups is 2. The summed E-state index contributed by atoms with van der Waals surface area (Å²) >= 11 is 0. The van der Waals surface area contributed by atoms with Crippen LogP contribution in [-0.4, -0.2) is 51.4 Å². The van der Waals surface area contributed by atoms with Gasteiger partial charge in [-0.15, -0.1) is 0 Å². The molecule has 0 saturated heterocycles. The second-order valence-corrected chi connectivity index (χ2v) is 11.1. The van der Waals surface area contributed by atoms with Crippen LogP contribution in [0.3, 0.4) is 0 Å². The molecule has 1 atom stereocenters. The van der Waals surface area contributed by atoms with Crippen LogP contribution in [0.25, 0.3) is 0 Å². The van der Waals surface area contributed by atoms with Crippen molar-refractivity contribution in [3.8, 4) is 0 Å². The molecule has 3 aromatic carbocycles. The van der Waals surface area contributed by atoms with E-state index < -0.39 is 16.1 Å². The molecule has 2 amide bonds. The van der Waals surface area contributed by atoms with Crippen LogP contribution in [0.4, 0.5) is 0 Å². The third-order valence-electron chi connectivity index (χ3n) is 6.36. The van der Waals surface area contributed by atoms with Gasteiger partial charge in [-0.2, -0.15) is 0 Å². The molecule has 9 heteroatoms. The first-order chi connectivity index (χ1) is 19.4. The Hall–Kier alpha value is -3.53. The fourth-order valence-electron chi connectivity index (χ4n) is 4.34. The van der Waals surface area contributed by atoms with Crippen LogP contribution in [-0.2, 0) is 37.3 Å². The molecule has 0 aliphatic carbocycles. The maximum atomic E-state index is 13.8. The smallest absolute Gasteiger partial charge is 0.247 e. The van der Waals surface area contributed by atoms with E-state index in [0.717, 1.165) is 16.7 Å². The Morgan fingerprint density at radius 1 is 0.875 bits per heavy atom. The normalized spacial score (nSPS) is 12.1. The monoisotopic (exact) mass is 565 g/mol. The lowest BCUT2D eigenvalue weighted by molar-refractivity contribution is -0.141. The molecule has 0 heterocycles. The number of ether oxygens (including phenoxy) is 1. The Kier molecular flexibility index (Phi) is 12.3. The van der Waals surface area contributed by atoms with Gasteiger partial charge in [0.1, 0.15) is 6.04 Å². The van der Waals surface area contributed by atoms with Gasteiger partial charge < -0.3 is 15.0 Å². The first-order valence-corrected chi connectivity index (χ1v) is 15.2. The molecule has 0 radical (unpaired) electrons. The van der Waals surface area contributed by atoms with Crippen molar-refractivity contribution in [3.63, 3.8) is 0 Å². The first-order valence-electron chi connectivity index (χ1n) is 13.7. The zero-order chi connectivity index (χ0) is 28.8. The van der Waals surface area contributed by atoms with Gasteiger partial charge in [-0.25, -0.2) is 13.1 Å². The summed E-state index contributed by atoms with van der Waals surface area (Å²) in [5.74, 6) is -0.420. The van der Waals surface area contributed by atoms with Gasteiger partial charge in [0, 0.05) is 39.3 Å². The van der Waals surface area contributed by atoms with Gasteiger partial charge in [-0.1, -0.05) is 79.7 Å². The van der Waals surface area contributed by atoms with Gasteiger partial charge >= 0.3 is 0 Å². The van der Waals surface area contributed by atoms with Crippen molar-refractivity contribution in [1.82, 2.24) is 14.9 Å². The summed E-state index contributed by atoms with van der Waals surface area (Å²) in [7, 11) is -3.55. The van der Waals surface area contributed by atoms with Crippen molar-refractivity contribution < 1.29 is 22.7 Å². The summed E-state index contributed by atoms with van der Waals surface area (Å²) in [6.45, 7) is 5.84.